The Morgan fingerprint density at radius 3 is 2.73 bits per heavy atom. The predicted molar refractivity (Wildman–Crippen MR) is 43.1 cm³/mol. The second-order valence-corrected chi connectivity index (χ2v) is 2.34. The molecule has 0 fully saturated rings. The summed E-state index contributed by atoms with van der Waals surface area (Å²) >= 11 is 0. The van der Waals surface area contributed by atoms with Gasteiger partial charge in [0.25, 0.3) is 0 Å². The molecule has 0 aliphatic heterocycles. The van der Waals surface area contributed by atoms with Gasteiger partial charge < -0.3 is 5.73 Å². The average molecular weight is 147 g/mol. The quantitative estimate of drug-likeness (QED) is 0.614. The third-order valence-corrected chi connectivity index (χ3v) is 1.37. The van der Waals surface area contributed by atoms with E-state index in [0.717, 1.165) is 5.69 Å². The van der Waals surface area contributed by atoms with Crippen molar-refractivity contribution in [1.82, 2.24) is 4.98 Å². The number of nitrogens with zero attached hydrogens (tertiary/aromatic N) is 2. The van der Waals surface area contributed by atoms with Crippen LogP contribution in [0.25, 0.3) is 4.85 Å². The summed E-state index contributed by atoms with van der Waals surface area (Å²) in [6.07, 6.45) is 1.53. The molecule has 0 aromatic carbocycles. The minimum Gasteiger partial charge on any atom is -0.323 e. The van der Waals surface area contributed by atoms with E-state index in [4.69, 9.17) is 12.3 Å². The van der Waals surface area contributed by atoms with Gasteiger partial charge in [-0.2, -0.15) is 0 Å². The zero-order chi connectivity index (χ0) is 8.27. The molecule has 0 radical (unpaired) electrons. The van der Waals surface area contributed by atoms with E-state index in [1.165, 1.54) is 6.20 Å². The molecule has 56 valence electrons. The maximum absolute atomic E-state index is 6.68. The van der Waals surface area contributed by atoms with Crippen LogP contribution in [0, 0.1) is 6.57 Å². The van der Waals surface area contributed by atoms with Gasteiger partial charge in [0.2, 0.25) is 5.69 Å². The van der Waals surface area contributed by atoms with Gasteiger partial charge in [-0.05, 0) is 13.0 Å². The van der Waals surface area contributed by atoms with Crippen LogP contribution in [0.2, 0.25) is 0 Å². The standard InChI is InChI=1S/C8H9N3/c1-6(9)8-4-3-7(10-2)5-11-8/h3-6H,9H2,1H3/t6-/m0/s1. The summed E-state index contributed by atoms with van der Waals surface area (Å²) in [5.74, 6) is 0. The summed E-state index contributed by atoms with van der Waals surface area (Å²) < 4.78 is 0. The van der Waals surface area contributed by atoms with E-state index in [1.54, 1.807) is 12.1 Å². The van der Waals surface area contributed by atoms with Crippen molar-refractivity contribution in [3.63, 3.8) is 0 Å². The Morgan fingerprint density at radius 2 is 2.36 bits per heavy atom. The first-order valence-corrected chi connectivity index (χ1v) is 3.33. The molecule has 0 aliphatic carbocycles. The van der Waals surface area contributed by atoms with Gasteiger partial charge in [-0.1, -0.05) is 6.07 Å². The molecule has 1 heterocycles. The number of pyridine rings is 1. The van der Waals surface area contributed by atoms with Gasteiger partial charge in [0.1, 0.15) is 0 Å². The van der Waals surface area contributed by atoms with Gasteiger partial charge in [-0.3, -0.25) is 4.98 Å². The van der Waals surface area contributed by atoms with E-state index in [0.29, 0.717) is 5.69 Å². The monoisotopic (exact) mass is 147 g/mol. The molecule has 1 atom stereocenters. The molecule has 0 spiro atoms. The molecule has 3 heteroatoms. The van der Waals surface area contributed by atoms with E-state index >= 15 is 0 Å². The molecule has 0 aliphatic rings. The second-order valence-electron chi connectivity index (χ2n) is 2.34. The Morgan fingerprint density at radius 1 is 1.64 bits per heavy atom. The van der Waals surface area contributed by atoms with E-state index in [-0.39, 0.29) is 6.04 Å². The van der Waals surface area contributed by atoms with E-state index in [1.807, 2.05) is 6.92 Å². The van der Waals surface area contributed by atoms with Crippen LogP contribution in [0.5, 0.6) is 0 Å². The smallest absolute Gasteiger partial charge is 0.205 e. The lowest BCUT2D eigenvalue weighted by Gasteiger charge is -2.02. The Bertz CT molecular complexity index is 268. The van der Waals surface area contributed by atoms with E-state index in [9.17, 15) is 0 Å². The highest BCUT2D eigenvalue weighted by molar-refractivity contribution is 5.41. The minimum atomic E-state index is -0.0604. The van der Waals surface area contributed by atoms with Gasteiger partial charge >= 0.3 is 0 Å². The van der Waals surface area contributed by atoms with Crippen LogP contribution in [-0.2, 0) is 0 Å². The Hall–Kier alpha value is -1.40. The van der Waals surface area contributed by atoms with Crippen molar-refractivity contribution < 1.29 is 0 Å². The fourth-order valence-corrected chi connectivity index (χ4v) is 0.733. The molecule has 3 nitrogen and oxygen atoms in total. The van der Waals surface area contributed by atoms with Crippen molar-refractivity contribution in [2.45, 2.75) is 13.0 Å². The van der Waals surface area contributed by atoms with E-state index in [2.05, 4.69) is 9.83 Å². The van der Waals surface area contributed by atoms with Crippen molar-refractivity contribution in [3.05, 3.63) is 35.4 Å². The summed E-state index contributed by atoms with van der Waals surface area (Å²) in [7, 11) is 0. The van der Waals surface area contributed by atoms with Crippen LogP contribution >= 0.6 is 0 Å². The highest BCUT2D eigenvalue weighted by Gasteiger charge is 1.98. The summed E-state index contributed by atoms with van der Waals surface area (Å²) in [6.45, 7) is 8.54. The maximum Gasteiger partial charge on any atom is 0.205 e. The second kappa shape index (κ2) is 3.13. The van der Waals surface area contributed by atoms with Crippen molar-refractivity contribution in [3.8, 4) is 0 Å². The fraction of sp³-hybridized carbons (Fsp3) is 0.250. The van der Waals surface area contributed by atoms with Crippen molar-refractivity contribution in [1.29, 1.82) is 0 Å². The molecule has 1 rings (SSSR count). The van der Waals surface area contributed by atoms with Crippen LogP contribution in [0.15, 0.2) is 18.3 Å². The number of rotatable bonds is 1. The SMILES string of the molecule is [C-]#[N+]c1ccc([C@H](C)N)nc1. The zero-order valence-corrected chi connectivity index (χ0v) is 6.28. The minimum absolute atomic E-state index is 0.0604. The summed E-state index contributed by atoms with van der Waals surface area (Å²) in [4.78, 5) is 7.23. The fourth-order valence-electron chi connectivity index (χ4n) is 0.733. The topological polar surface area (TPSA) is 43.3 Å². The third kappa shape index (κ3) is 1.76. The number of aromatic nitrogens is 1. The van der Waals surface area contributed by atoms with Crippen LogP contribution in [0.3, 0.4) is 0 Å². The van der Waals surface area contributed by atoms with Crippen molar-refractivity contribution in [2.75, 3.05) is 0 Å². The molecule has 0 saturated carbocycles. The highest BCUT2D eigenvalue weighted by Crippen LogP contribution is 2.12. The lowest BCUT2D eigenvalue weighted by Crippen LogP contribution is -2.06. The molecular weight excluding hydrogens is 138 g/mol. The first-order chi connectivity index (χ1) is 5.24. The van der Waals surface area contributed by atoms with Crippen molar-refractivity contribution >= 4 is 5.69 Å². The van der Waals surface area contributed by atoms with Crippen LogP contribution in [0.4, 0.5) is 5.69 Å². The summed E-state index contributed by atoms with van der Waals surface area (Å²) in [5.41, 5.74) is 6.93. The first-order valence-electron chi connectivity index (χ1n) is 3.33. The molecule has 1 aromatic rings. The van der Waals surface area contributed by atoms with Gasteiger partial charge in [-0.15, -0.1) is 0 Å². The Balaban J connectivity index is 2.94. The molecule has 2 N–H and O–H groups in total. The molecule has 0 bridgehead atoms. The van der Waals surface area contributed by atoms with Gasteiger partial charge in [0, 0.05) is 12.2 Å². The number of hydrogen-bond acceptors (Lipinski definition) is 2. The number of hydrogen-bond donors (Lipinski definition) is 1. The van der Waals surface area contributed by atoms with Crippen LogP contribution in [0.1, 0.15) is 18.7 Å². The van der Waals surface area contributed by atoms with Crippen molar-refractivity contribution in [2.24, 2.45) is 5.73 Å². The molecule has 0 amide bonds. The summed E-state index contributed by atoms with van der Waals surface area (Å²) in [5, 5.41) is 0. The van der Waals surface area contributed by atoms with Crippen LogP contribution in [-0.4, -0.2) is 4.98 Å². The lowest BCUT2D eigenvalue weighted by molar-refractivity contribution is 0.782. The summed E-state index contributed by atoms with van der Waals surface area (Å²) in [6, 6.07) is 3.44. The molecule has 1 aromatic heterocycles. The largest absolute Gasteiger partial charge is 0.323 e. The van der Waals surface area contributed by atoms with Crippen LogP contribution < -0.4 is 5.73 Å². The Kier molecular flexibility index (Phi) is 2.19. The third-order valence-electron chi connectivity index (χ3n) is 1.37. The first kappa shape index (κ1) is 7.70. The molecular formula is C8H9N3. The maximum atomic E-state index is 6.68. The zero-order valence-electron chi connectivity index (χ0n) is 6.28. The lowest BCUT2D eigenvalue weighted by atomic mass is 10.2. The normalized spacial score (nSPS) is 12.1. The average Bonchev–Trinajstić information content (AvgIpc) is 2.05. The number of nitrogens with two attached hydrogens (primary N) is 1. The Labute approximate surface area is 65.7 Å². The predicted octanol–water partition coefficient (Wildman–Crippen LogP) is 1.65. The van der Waals surface area contributed by atoms with E-state index < -0.39 is 0 Å². The van der Waals surface area contributed by atoms with Gasteiger partial charge in [-0.25, -0.2) is 4.85 Å². The molecule has 0 unspecified atom stereocenters. The molecule has 0 saturated heterocycles. The van der Waals surface area contributed by atoms with Gasteiger partial charge in [0.05, 0.1) is 12.3 Å². The highest BCUT2D eigenvalue weighted by atomic mass is 14.8. The van der Waals surface area contributed by atoms with Gasteiger partial charge in [0.15, 0.2) is 0 Å². The molecule has 11 heavy (non-hydrogen) atoms.